The van der Waals surface area contributed by atoms with Crippen LogP contribution in [0.25, 0.3) is 11.3 Å². The maximum absolute atomic E-state index is 13.5. The van der Waals surface area contributed by atoms with Crippen LogP contribution in [0, 0.1) is 5.82 Å². The van der Waals surface area contributed by atoms with E-state index in [1.807, 2.05) is 29.2 Å². The molecule has 2 N–H and O–H groups in total. The number of hydrogen-bond donors (Lipinski definition) is 2. The van der Waals surface area contributed by atoms with E-state index in [4.69, 9.17) is 4.98 Å². The van der Waals surface area contributed by atoms with Crippen LogP contribution >= 0.6 is 0 Å². The van der Waals surface area contributed by atoms with Crippen molar-refractivity contribution in [3.8, 4) is 11.3 Å². The zero-order valence-electron chi connectivity index (χ0n) is 14.6. The van der Waals surface area contributed by atoms with Crippen molar-refractivity contribution in [2.24, 2.45) is 0 Å². The zero-order chi connectivity index (χ0) is 17.9. The number of nitrogens with one attached hydrogen (secondary N) is 2. The van der Waals surface area contributed by atoms with Crippen molar-refractivity contribution in [1.29, 1.82) is 0 Å². The predicted molar refractivity (Wildman–Crippen MR) is 97.7 cm³/mol. The van der Waals surface area contributed by atoms with Gasteiger partial charge in [-0.2, -0.15) is 0 Å². The lowest BCUT2D eigenvalue weighted by atomic mass is 9.93. The Morgan fingerprint density at radius 1 is 1.19 bits per heavy atom. The van der Waals surface area contributed by atoms with Crippen molar-refractivity contribution in [2.75, 3.05) is 19.6 Å². The molecular weight excluding hydrogens is 331 g/mol. The summed E-state index contributed by atoms with van der Waals surface area (Å²) < 4.78 is 13.5. The fourth-order valence-corrected chi connectivity index (χ4v) is 3.80. The van der Waals surface area contributed by atoms with E-state index in [-0.39, 0.29) is 23.7 Å². The number of piperidine rings is 1. The molecule has 26 heavy (non-hydrogen) atoms. The smallest absolute Gasteiger partial charge is 0.241 e. The summed E-state index contributed by atoms with van der Waals surface area (Å²) in [6.07, 6.45) is 2.81. The van der Waals surface area contributed by atoms with E-state index in [0.29, 0.717) is 6.54 Å². The highest BCUT2D eigenvalue weighted by molar-refractivity contribution is 5.82. The largest absolute Gasteiger partial charge is 0.341 e. The number of amides is 1. The normalized spacial score (nSPS) is 23.2. The Hall–Kier alpha value is -2.31. The molecule has 2 fully saturated rings. The van der Waals surface area contributed by atoms with Gasteiger partial charge in [-0.25, -0.2) is 9.82 Å². The molecule has 0 bridgehead atoms. The fourth-order valence-electron chi connectivity index (χ4n) is 3.80. The van der Waals surface area contributed by atoms with Crippen molar-refractivity contribution in [3.63, 3.8) is 0 Å². The van der Waals surface area contributed by atoms with Gasteiger partial charge in [0.05, 0.1) is 5.69 Å². The van der Waals surface area contributed by atoms with Crippen LogP contribution in [0.5, 0.6) is 0 Å². The van der Waals surface area contributed by atoms with Crippen LogP contribution < -0.4 is 10.9 Å². The van der Waals surface area contributed by atoms with Gasteiger partial charge in [-0.3, -0.25) is 15.2 Å². The first-order chi connectivity index (χ1) is 12.7. The van der Waals surface area contributed by atoms with E-state index >= 15 is 0 Å². The Morgan fingerprint density at radius 2 is 2.08 bits per heavy atom. The van der Waals surface area contributed by atoms with Gasteiger partial charge < -0.3 is 4.90 Å². The molecule has 4 rings (SSSR count). The van der Waals surface area contributed by atoms with Crippen molar-refractivity contribution >= 4 is 5.91 Å². The average Bonchev–Trinajstić information content (AvgIpc) is 3.22. The van der Waals surface area contributed by atoms with Crippen molar-refractivity contribution in [2.45, 2.75) is 31.2 Å². The summed E-state index contributed by atoms with van der Waals surface area (Å²) in [5, 5.41) is 0. The third kappa shape index (κ3) is 3.61. The number of aromatic nitrogens is 1. The second-order valence-corrected chi connectivity index (χ2v) is 6.99. The van der Waals surface area contributed by atoms with Gasteiger partial charge in [-0.15, -0.1) is 0 Å². The van der Waals surface area contributed by atoms with Gasteiger partial charge in [0.25, 0.3) is 0 Å². The van der Waals surface area contributed by atoms with Crippen molar-refractivity contribution in [3.05, 3.63) is 54.0 Å². The maximum Gasteiger partial charge on any atom is 0.241 e. The number of likely N-dealkylation sites (tertiary alicyclic amines) is 1. The predicted octanol–water partition coefficient (Wildman–Crippen LogP) is 2.46. The Morgan fingerprint density at radius 3 is 2.88 bits per heavy atom. The molecule has 1 aromatic heterocycles. The van der Waals surface area contributed by atoms with Crippen LogP contribution in [-0.4, -0.2) is 41.5 Å². The minimum Gasteiger partial charge on any atom is -0.341 e. The second kappa shape index (κ2) is 7.51. The highest BCUT2D eigenvalue weighted by atomic mass is 19.1. The molecule has 0 saturated carbocycles. The van der Waals surface area contributed by atoms with Crippen LogP contribution in [0.3, 0.4) is 0 Å². The number of nitrogens with zero attached hydrogens (tertiary/aromatic N) is 2. The summed E-state index contributed by atoms with van der Waals surface area (Å²) in [6.45, 7) is 2.32. The van der Waals surface area contributed by atoms with Crippen LogP contribution in [0.15, 0.2) is 42.5 Å². The SMILES string of the molecule is O=C(C1CCNN1)N1CCCC(c2cccc(-c3cccc(F)c3)n2)C1. The van der Waals surface area contributed by atoms with Gasteiger partial charge in [0.15, 0.2) is 0 Å². The lowest BCUT2D eigenvalue weighted by Gasteiger charge is -2.34. The zero-order valence-corrected chi connectivity index (χ0v) is 14.6. The summed E-state index contributed by atoms with van der Waals surface area (Å²) in [6, 6.07) is 12.2. The van der Waals surface area contributed by atoms with E-state index in [2.05, 4.69) is 10.9 Å². The number of halogens is 1. The number of rotatable bonds is 3. The lowest BCUT2D eigenvalue weighted by molar-refractivity contribution is -0.134. The Balaban J connectivity index is 1.51. The third-order valence-corrected chi connectivity index (χ3v) is 5.17. The van der Waals surface area contributed by atoms with Crippen molar-refractivity contribution in [1.82, 2.24) is 20.7 Å². The number of carbonyl (C=O) groups is 1. The van der Waals surface area contributed by atoms with E-state index in [9.17, 15) is 9.18 Å². The van der Waals surface area contributed by atoms with Gasteiger partial charge >= 0.3 is 0 Å². The van der Waals surface area contributed by atoms with Crippen LogP contribution in [0.4, 0.5) is 4.39 Å². The summed E-state index contributed by atoms with van der Waals surface area (Å²) in [7, 11) is 0. The third-order valence-electron chi connectivity index (χ3n) is 5.17. The first kappa shape index (κ1) is 17.1. The first-order valence-corrected chi connectivity index (χ1v) is 9.21. The van der Waals surface area contributed by atoms with E-state index in [1.54, 1.807) is 6.07 Å². The molecule has 2 aliphatic heterocycles. The summed E-state index contributed by atoms with van der Waals surface area (Å²) in [5.74, 6) is 0.123. The summed E-state index contributed by atoms with van der Waals surface area (Å²) in [4.78, 5) is 19.4. The Bertz CT molecular complexity index is 791. The number of hydrogen-bond acceptors (Lipinski definition) is 4. The van der Waals surface area contributed by atoms with Gasteiger partial charge in [-0.1, -0.05) is 18.2 Å². The topological polar surface area (TPSA) is 57.3 Å². The molecule has 0 radical (unpaired) electrons. The quantitative estimate of drug-likeness (QED) is 0.889. The molecule has 2 aromatic rings. The highest BCUT2D eigenvalue weighted by Crippen LogP contribution is 2.28. The van der Waals surface area contributed by atoms with E-state index in [0.717, 1.165) is 49.3 Å². The van der Waals surface area contributed by atoms with Gasteiger partial charge in [0.2, 0.25) is 5.91 Å². The van der Waals surface area contributed by atoms with Gasteiger partial charge in [-0.05, 0) is 43.5 Å². The molecule has 0 spiro atoms. The van der Waals surface area contributed by atoms with Crippen LogP contribution in [-0.2, 0) is 4.79 Å². The molecule has 2 atom stereocenters. The molecule has 136 valence electrons. The lowest BCUT2D eigenvalue weighted by Crippen LogP contribution is -2.48. The minimum atomic E-state index is -0.262. The van der Waals surface area contributed by atoms with Gasteiger partial charge in [0, 0.05) is 36.8 Å². The number of pyridine rings is 1. The number of carbonyl (C=O) groups excluding carboxylic acids is 1. The average molecular weight is 354 g/mol. The minimum absolute atomic E-state index is 0.125. The highest BCUT2D eigenvalue weighted by Gasteiger charge is 2.31. The standard InChI is InChI=1S/C20H23FN4O/c21-16-6-1-4-14(12-16)17-7-2-8-18(23-17)15-5-3-11-25(13-15)20(26)19-9-10-22-24-19/h1-2,4,6-8,12,15,19,22,24H,3,5,9-11,13H2. The monoisotopic (exact) mass is 354 g/mol. The Kier molecular flexibility index (Phi) is 4.95. The molecule has 2 unspecified atom stereocenters. The van der Waals surface area contributed by atoms with Crippen LogP contribution in [0.2, 0.25) is 0 Å². The second-order valence-electron chi connectivity index (χ2n) is 6.99. The van der Waals surface area contributed by atoms with E-state index < -0.39 is 0 Å². The molecule has 6 heteroatoms. The molecular formula is C20H23FN4O. The van der Waals surface area contributed by atoms with Crippen molar-refractivity contribution < 1.29 is 9.18 Å². The molecule has 1 aromatic carbocycles. The van der Waals surface area contributed by atoms with E-state index in [1.165, 1.54) is 12.1 Å². The maximum atomic E-state index is 13.5. The molecule has 2 saturated heterocycles. The molecule has 2 aliphatic rings. The Labute approximate surface area is 152 Å². The van der Waals surface area contributed by atoms with Crippen LogP contribution in [0.1, 0.15) is 30.9 Å². The number of hydrazine groups is 1. The fraction of sp³-hybridized carbons (Fsp3) is 0.400. The molecule has 1 amide bonds. The summed E-state index contributed by atoms with van der Waals surface area (Å²) >= 11 is 0. The van der Waals surface area contributed by atoms with Gasteiger partial charge in [0.1, 0.15) is 11.9 Å². The molecule has 3 heterocycles. The first-order valence-electron chi connectivity index (χ1n) is 9.21. The molecule has 5 nitrogen and oxygen atoms in total. The number of benzene rings is 1. The molecule has 0 aliphatic carbocycles. The summed E-state index contributed by atoms with van der Waals surface area (Å²) in [5.41, 5.74) is 8.60.